The Kier molecular flexibility index (Phi) is 36.1. The van der Waals surface area contributed by atoms with Crippen LogP contribution in [-0.4, -0.2) is 124 Å². The first-order chi connectivity index (χ1) is 45.2. The number of carbonyl (C=O) groups excluding carboxylic acids is 4. The first-order valence-electron chi connectivity index (χ1n) is 28.4. The summed E-state index contributed by atoms with van der Waals surface area (Å²) in [5.41, 5.74) is -2.83. The lowest BCUT2D eigenvalue weighted by Gasteiger charge is -2.22. The number of ether oxygens (including phenoxy) is 7. The number of hydrogen-bond acceptors (Lipinski definition) is 22. The number of aromatic carboxylic acids is 1. The smallest absolute Gasteiger partial charge is 0.384 e. The number of ketones is 1. The number of carboxylic acids is 1. The van der Waals surface area contributed by atoms with Gasteiger partial charge < -0.3 is 72.0 Å². The molecule has 0 radical (unpaired) electrons. The maximum atomic E-state index is 12.6. The van der Waals surface area contributed by atoms with E-state index in [-0.39, 0.29) is 98.9 Å². The van der Waals surface area contributed by atoms with Crippen molar-refractivity contribution < 1.29 is 91.2 Å². The molecule has 0 atom stereocenters. The Labute approximate surface area is 605 Å². The van der Waals surface area contributed by atoms with Gasteiger partial charge in [0.2, 0.25) is 0 Å². The molecule has 3 heterocycles. The molecule has 7 aromatic rings. The standard InChI is InChI=1S/C17H19Cl2NO5.C15H15Cl2NO5.C15H15Cl2NO4.C8H12O3.C7H4Cl3NO.C3H6O/c1-5-23-16(21)13-14(12-10(18)7-6-8-11(12)19)20-25-15(13)17(2,3)24-9-22-4;1-15(2,22-7-21-3)13-11(14(19)20)12(18-23-13)10-8(16)5-4-6-9(10)17;1-4-21-14(19)11-12(18-22-13(11)15(2,3)20)10-8(16)6-5-7-9(10)17;1-4-11-7(9)5-6-8(2,3)10;8-4-2-1-3-5(9)6(4)7(10)11-12;1-3(2)4/h6-8H,5,9H2,1-4H3;4-6H,7H2,1-3H3,(H,19,20);5-7,20H,4H2,1-3H3;10H,4H2,1-3H3;1-3,12H;1-2H3/b;;;;11-7-;. The van der Waals surface area contributed by atoms with Crippen molar-refractivity contribution in [3.8, 4) is 45.6 Å². The molecule has 23 nitrogen and oxygen atoms in total. The van der Waals surface area contributed by atoms with E-state index in [1.807, 2.05) is 0 Å². The van der Waals surface area contributed by atoms with Gasteiger partial charge in [0.1, 0.15) is 75.5 Å². The Balaban J connectivity index is 0.000000419. The molecular weight excluding hydrogens is 1460 g/mol. The fraction of sp³-hybridized carbons (Fsp3) is 0.369. The van der Waals surface area contributed by atoms with E-state index in [9.17, 15) is 34.2 Å². The van der Waals surface area contributed by atoms with Crippen LogP contribution in [0, 0.1) is 11.8 Å². The predicted octanol–water partition coefficient (Wildman–Crippen LogP) is 17.2. The third kappa shape index (κ3) is 26.2. The van der Waals surface area contributed by atoms with Crippen molar-refractivity contribution in [3.05, 3.63) is 153 Å². The highest BCUT2D eigenvalue weighted by atomic mass is 35.5. The number of hydrogen-bond donors (Lipinski definition) is 4. The van der Waals surface area contributed by atoms with Crippen LogP contribution >= 0.6 is 104 Å². The molecule has 97 heavy (non-hydrogen) atoms. The zero-order chi connectivity index (χ0) is 73.9. The average Bonchev–Trinajstić information content (AvgIpc) is 1.67. The Hall–Kier alpha value is -6.54. The number of methoxy groups -OCH3 is 2. The first kappa shape index (κ1) is 86.5. The topological polar surface area (TPSA) is 321 Å². The summed E-state index contributed by atoms with van der Waals surface area (Å²) in [6.45, 7) is 21.5. The lowest BCUT2D eigenvalue weighted by Crippen LogP contribution is -2.25. The summed E-state index contributed by atoms with van der Waals surface area (Å²) in [6, 6.07) is 19.7. The fourth-order valence-electron chi connectivity index (χ4n) is 7.44. The molecule has 32 heteroatoms. The Morgan fingerprint density at radius 2 is 0.804 bits per heavy atom. The van der Waals surface area contributed by atoms with Gasteiger partial charge in [0.15, 0.2) is 22.5 Å². The van der Waals surface area contributed by atoms with Gasteiger partial charge in [-0.05, 0) is 139 Å². The van der Waals surface area contributed by atoms with Gasteiger partial charge in [0.05, 0.1) is 65.6 Å². The van der Waals surface area contributed by atoms with E-state index in [1.165, 1.54) is 55.8 Å². The molecule has 0 spiro atoms. The summed E-state index contributed by atoms with van der Waals surface area (Å²) in [5, 5.41) is 54.2. The van der Waals surface area contributed by atoms with E-state index in [2.05, 4.69) is 37.2 Å². The Morgan fingerprint density at radius 1 is 0.505 bits per heavy atom. The number of benzene rings is 4. The number of Topliss-reactive ketones (excluding diaryl/α,β-unsaturated/α-hetero) is 1. The van der Waals surface area contributed by atoms with Crippen LogP contribution in [0.4, 0.5) is 0 Å². The number of halogens is 9. The van der Waals surface area contributed by atoms with Gasteiger partial charge >= 0.3 is 23.9 Å². The molecule has 0 unspecified atom stereocenters. The van der Waals surface area contributed by atoms with Crippen molar-refractivity contribution in [2.24, 2.45) is 5.16 Å². The number of rotatable bonds is 19. The van der Waals surface area contributed by atoms with Gasteiger partial charge in [-0.3, -0.25) is 0 Å². The summed E-state index contributed by atoms with van der Waals surface area (Å²) in [6.07, 6.45) is 0. The summed E-state index contributed by atoms with van der Waals surface area (Å²) in [7, 11) is 2.96. The minimum absolute atomic E-state index is 0.00284. The zero-order valence-corrected chi connectivity index (χ0v) is 61.9. The van der Waals surface area contributed by atoms with Crippen LogP contribution < -0.4 is 0 Å². The number of aromatic nitrogens is 3. The van der Waals surface area contributed by atoms with Crippen LogP contribution in [0.25, 0.3) is 33.8 Å². The maximum Gasteiger partial charge on any atom is 0.384 e. The molecule has 0 aliphatic heterocycles. The lowest BCUT2D eigenvalue weighted by molar-refractivity contribution is -0.136. The van der Waals surface area contributed by atoms with E-state index < -0.39 is 46.3 Å². The molecule has 4 aromatic carbocycles. The number of aliphatic hydroxyl groups is 2. The van der Waals surface area contributed by atoms with Crippen molar-refractivity contribution in [1.82, 2.24) is 15.5 Å². The molecule has 0 saturated carbocycles. The highest BCUT2D eigenvalue weighted by Gasteiger charge is 2.39. The van der Waals surface area contributed by atoms with Crippen LogP contribution in [-0.2, 0) is 59.6 Å². The Morgan fingerprint density at radius 3 is 1.09 bits per heavy atom. The molecule has 0 aliphatic carbocycles. The molecule has 0 aliphatic rings. The number of oxime groups is 1. The van der Waals surface area contributed by atoms with Crippen LogP contribution in [0.1, 0.15) is 144 Å². The molecule has 528 valence electrons. The van der Waals surface area contributed by atoms with Crippen LogP contribution in [0.5, 0.6) is 0 Å². The molecule has 0 saturated heterocycles. The quantitative estimate of drug-likeness (QED) is 0.00854. The summed E-state index contributed by atoms with van der Waals surface area (Å²) < 4.78 is 51.5. The van der Waals surface area contributed by atoms with Crippen molar-refractivity contribution in [2.45, 2.75) is 112 Å². The number of carboxylic acid groups (broad SMARTS) is 1. The summed E-state index contributed by atoms with van der Waals surface area (Å²) in [4.78, 5) is 56.6. The van der Waals surface area contributed by atoms with Crippen molar-refractivity contribution in [1.29, 1.82) is 0 Å². The van der Waals surface area contributed by atoms with E-state index in [0.717, 1.165) is 0 Å². The second-order valence-electron chi connectivity index (χ2n) is 21.3. The van der Waals surface area contributed by atoms with Crippen LogP contribution in [0.3, 0.4) is 0 Å². The van der Waals surface area contributed by atoms with Gasteiger partial charge in [-0.1, -0.05) is 155 Å². The largest absolute Gasteiger partial charge is 0.477 e. The second kappa shape index (κ2) is 40.5. The normalized spacial score (nSPS) is 11.2. The maximum absolute atomic E-state index is 12.6. The SMILES string of the molecule is CC(C)=O.CCOC(=O)C#CC(C)(C)O.CCOC(=O)c1c(-c2c(Cl)cccc2Cl)noc1C(C)(C)O.CCOC(=O)c1c(-c2c(Cl)cccc2Cl)noc1C(C)(C)OCOC.COCOC(C)(C)c1onc(-c2c(Cl)cccc2Cl)c1C(=O)O.O/N=C(\Cl)c1c(Cl)cccc1Cl. The monoisotopic (exact) mass is 1530 g/mol. The third-order valence-corrected chi connectivity index (χ3v) is 14.4. The van der Waals surface area contributed by atoms with E-state index in [4.69, 9.17) is 157 Å². The molecule has 0 amide bonds. The Bertz CT molecular complexity index is 3810. The van der Waals surface area contributed by atoms with Gasteiger partial charge in [0.25, 0.3) is 0 Å². The number of esters is 3. The minimum Gasteiger partial charge on any atom is -0.477 e. The molecule has 3 aromatic heterocycles. The van der Waals surface area contributed by atoms with E-state index >= 15 is 0 Å². The number of carbonyl (C=O) groups is 5. The predicted molar refractivity (Wildman–Crippen MR) is 370 cm³/mol. The van der Waals surface area contributed by atoms with Crippen molar-refractivity contribution in [3.63, 3.8) is 0 Å². The zero-order valence-electron chi connectivity index (χ0n) is 55.1. The second-order valence-corrected chi connectivity index (χ2v) is 25.0. The van der Waals surface area contributed by atoms with Gasteiger partial charge in [0, 0.05) is 36.8 Å². The minimum atomic E-state index is -1.42. The van der Waals surface area contributed by atoms with Crippen LogP contribution in [0.15, 0.2) is 91.5 Å². The van der Waals surface area contributed by atoms with Crippen molar-refractivity contribution in [2.75, 3.05) is 47.6 Å². The molecule has 7 rings (SSSR count). The van der Waals surface area contributed by atoms with E-state index in [1.54, 1.807) is 121 Å². The summed E-state index contributed by atoms with van der Waals surface area (Å²) >= 11 is 54.1. The third-order valence-electron chi connectivity index (χ3n) is 11.6. The average molecular weight is 1530 g/mol. The lowest BCUT2D eigenvalue weighted by atomic mass is 9.97. The van der Waals surface area contributed by atoms with E-state index in [0.29, 0.717) is 59.0 Å². The number of nitrogens with zero attached hydrogens (tertiary/aromatic N) is 4. The first-order valence-corrected chi connectivity index (χ1v) is 31.8. The molecule has 4 N–H and O–H groups in total. The highest BCUT2D eigenvalue weighted by molar-refractivity contribution is 6.71. The van der Waals surface area contributed by atoms with Crippen molar-refractivity contribution >= 4 is 139 Å². The van der Waals surface area contributed by atoms with Crippen LogP contribution in [0.2, 0.25) is 40.2 Å². The molecule has 0 bridgehead atoms. The molecule has 0 fully saturated rings. The summed E-state index contributed by atoms with van der Waals surface area (Å²) in [5.74, 6) is 1.83. The van der Waals surface area contributed by atoms with Gasteiger partial charge in [-0.25, -0.2) is 19.2 Å². The fourth-order valence-corrected chi connectivity index (χ4v) is 10.0. The molecular formula is C65H71Cl9N4O19. The highest BCUT2D eigenvalue weighted by Crippen LogP contribution is 2.43. The van der Waals surface area contributed by atoms with Gasteiger partial charge in [-0.2, -0.15) is 0 Å². The van der Waals surface area contributed by atoms with Gasteiger partial charge in [-0.15, -0.1) is 0 Å².